The van der Waals surface area contributed by atoms with Gasteiger partial charge in [0, 0.05) is 0 Å². The predicted molar refractivity (Wildman–Crippen MR) is 63.1 cm³/mol. The maximum absolute atomic E-state index is 10.9. The van der Waals surface area contributed by atoms with Crippen molar-refractivity contribution in [2.24, 2.45) is 5.73 Å². The van der Waals surface area contributed by atoms with Crippen LogP contribution in [0.25, 0.3) is 0 Å². The van der Waals surface area contributed by atoms with Crippen molar-refractivity contribution in [1.29, 1.82) is 0 Å². The highest BCUT2D eigenvalue weighted by Gasteiger charge is 2.20. The second-order valence-electron chi connectivity index (χ2n) is 3.53. The molecule has 0 aliphatic carbocycles. The topological polar surface area (TPSA) is 92.8 Å². The first kappa shape index (κ1) is 13.1. The molecular formula is C12H15NO4. The minimum Gasteiger partial charge on any atom is -0.504 e. The van der Waals surface area contributed by atoms with Gasteiger partial charge in [-0.2, -0.15) is 0 Å². The first-order valence-corrected chi connectivity index (χ1v) is 5.00. The van der Waals surface area contributed by atoms with Crippen LogP contribution in [0.4, 0.5) is 0 Å². The monoisotopic (exact) mass is 237 g/mol. The third-order valence-corrected chi connectivity index (χ3v) is 2.41. The number of ether oxygens (including phenoxy) is 1. The lowest BCUT2D eigenvalue weighted by Crippen LogP contribution is -2.22. The number of hydrogen-bond donors (Lipinski definition) is 3. The van der Waals surface area contributed by atoms with E-state index in [1.54, 1.807) is 12.1 Å². The Hall–Kier alpha value is -2.01. The number of aliphatic carboxylic acids is 1. The Morgan fingerprint density at radius 3 is 2.76 bits per heavy atom. The van der Waals surface area contributed by atoms with Crippen LogP contribution in [0.5, 0.6) is 11.5 Å². The molecule has 92 valence electrons. The molecule has 0 unspecified atom stereocenters. The lowest BCUT2D eigenvalue weighted by Gasteiger charge is -2.14. The summed E-state index contributed by atoms with van der Waals surface area (Å²) in [6.45, 7) is 3.59. The Morgan fingerprint density at radius 1 is 1.65 bits per heavy atom. The van der Waals surface area contributed by atoms with Gasteiger partial charge in [0.05, 0.1) is 7.11 Å². The standard InChI is InChI=1S/C12H15NO4/c1-3-4-7-5-10(17-2)9(14)6-8(7)11(13)12(15)16/h3,5-6,11,14H,1,4,13H2,2H3,(H,15,16)/t11-/m0/s1. The van der Waals surface area contributed by atoms with Crippen LogP contribution in [0.2, 0.25) is 0 Å². The summed E-state index contributed by atoms with van der Waals surface area (Å²) in [4.78, 5) is 10.9. The average Bonchev–Trinajstić information content (AvgIpc) is 2.30. The van der Waals surface area contributed by atoms with Crippen LogP contribution >= 0.6 is 0 Å². The summed E-state index contributed by atoms with van der Waals surface area (Å²) in [5, 5.41) is 18.5. The number of rotatable bonds is 5. The molecule has 0 saturated carbocycles. The van der Waals surface area contributed by atoms with Crippen LogP contribution in [0.15, 0.2) is 24.8 Å². The van der Waals surface area contributed by atoms with Crippen LogP contribution in [-0.2, 0) is 11.2 Å². The highest BCUT2D eigenvalue weighted by molar-refractivity contribution is 5.76. The molecule has 17 heavy (non-hydrogen) atoms. The number of aromatic hydroxyl groups is 1. The molecule has 0 aromatic heterocycles. The molecule has 0 aliphatic heterocycles. The van der Waals surface area contributed by atoms with Crippen LogP contribution in [0.3, 0.4) is 0 Å². The minimum absolute atomic E-state index is 0.132. The van der Waals surface area contributed by atoms with Crippen LogP contribution in [0, 0.1) is 0 Å². The van der Waals surface area contributed by atoms with Gasteiger partial charge in [0.1, 0.15) is 6.04 Å². The first-order valence-electron chi connectivity index (χ1n) is 5.00. The van der Waals surface area contributed by atoms with Gasteiger partial charge in [-0.1, -0.05) is 6.08 Å². The number of carboxylic acid groups (broad SMARTS) is 1. The van der Waals surface area contributed by atoms with Crippen molar-refractivity contribution in [2.75, 3.05) is 7.11 Å². The lowest BCUT2D eigenvalue weighted by molar-refractivity contribution is -0.138. The molecule has 0 heterocycles. The maximum Gasteiger partial charge on any atom is 0.325 e. The molecule has 1 aromatic carbocycles. The lowest BCUT2D eigenvalue weighted by atomic mass is 9.97. The predicted octanol–water partition coefficient (Wildman–Crippen LogP) is 1.21. The Bertz CT molecular complexity index is 442. The molecular weight excluding hydrogens is 222 g/mol. The number of methoxy groups -OCH3 is 1. The largest absolute Gasteiger partial charge is 0.504 e. The maximum atomic E-state index is 10.9. The molecule has 0 fully saturated rings. The normalized spacial score (nSPS) is 11.9. The number of phenolic OH excluding ortho intramolecular Hbond substituents is 1. The summed E-state index contributed by atoms with van der Waals surface area (Å²) >= 11 is 0. The number of hydrogen-bond acceptors (Lipinski definition) is 4. The van der Waals surface area contributed by atoms with E-state index in [1.807, 2.05) is 0 Å². The van der Waals surface area contributed by atoms with E-state index in [9.17, 15) is 9.90 Å². The fourth-order valence-electron chi connectivity index (χ4n) is 1.54. The van der Waals surface area contributed by atoms with Crippen LogP contribution in [-0.4, -0.2) is 23.3 Å². The van der Waals surface area contributed by atoms with E-state index in [2.05, 4.69) is 6.58 Å². The summed E-state index contributed by atoms with van der Waals surface area (Å²) in [6.07, 6.45) is 2.08. The van der Waals surface area contributed by atoms with E-state index in [0.717, 1.165) is 0 Å². The SMILES string of the molecule is C=CCc1cc(OC)c(O)cc1[C@H](N)C(=O)O. The summed E-state index contributed by atoms with van der Waals surface area (Å²) in [5.41, 5.74) is 6.57. The summed E-state index contributed by atoms with van der Waals surface area (Å²) in [5.74, 6) is -1.00. The van der Waals surface area contributed by atoms with E-state index in [4.69, 9.17) is 15.6 Å². The molecule has 1 aromatic rings. The second kappa shape index (κ2) is 5.36. The molecule has 0 radical (unpaired) electrons. The smallest absolute Gasteiger partial charge is 0.325 e. The summed E-state index contributed by atoms with van der Waals surface area (Å²) < 4.78 is 4.95. The van der Waals surface area contributed by atoms with Crippen molar-refractivity contribution in [1.82, 2.24) is 0 Å². The summed E-state index contributed by atoms with van der Waals surface area (Å²) in [7, 11) is 1.42. The Labute approximate surface area is 99.1 Å². The second-order valence-corrected chi connectivity index (χ2v) is 3.53. The zero-order valence-electron chi connectivity index (χ0n) is 9.51. The fourth-order valence-corrected chi connectivity index (χ4v) is 1.54. The molecule has 0 amide bonds. The molecule has 5 nitrogen and oxygen atoms in total. The molecule has 5 heteroatoms. The number of carboxylic acids is 1. The van der Waals surface area contributed by atoms with Crippen molar-refractivity contribution in [3.63, 3.8) is 0 Å². The van der Waals surface area contributed by atoms with E-state index in [-0.39, 0.29) is 11.5 Å². The zero-order valence-corrected chi connectivity index (χ0v) is 9.51. The van der Waals surface area contributed by atoms with Crippen LogP contribution in [0.1, 0.15) is 17.2 Å². The van der Waals surface area contributed by atoms with Crippen molar-refractivity contribution in [3.05, 3.63) is 35.9 Å². The Morgan fingerprint density at radius 2 is 2.29 bits per heavy atom. The van der Waals surface area contributed by atoms with Gasteiger partial charge < -0.3 is 20.7 Å². The number of nitrogens with two attached hydrogens (primary N) is 1. The minimum atomic E-state index is -1.18. The zero-order chi connectivity index (χ0) is 13.0. The van der Waals surface area contributed by atoms with Crippen LogP contribution < -0.4 is 10.5 Å². The fraction of sp³-hybridized carbons (Fsp3) is 0.250. The molecule has 1 atom stereocenters. The van der Waals surface area contributed by atoms with E-state index in [0.29, 0.717) is 17.5 Å². The van der Waals surface area contributed by atoms with Gasteiger partial charge in [-0.3, -0.25) is 4.79 Å². The Kier molecular flexibility index (Phi) is 4.12. The van der Waals surface area contributed by atoms with Gasteiger partial charge in [0.15, 0.2) is 11.5 Å². The molecule has 1 rings (SSSR count). The number of carbonyl (C=O) groups is 1. The van der Waals surface area contributed by atoms with Crippen molar-refractivity contribution >= 4 is 5.97 Å². The van der Waals surface area contributed by atoms with Gasteiger partial charge in [-0.15, -0.1) is 6.58 Å². The quantitative estimate of drug-likeness (QED) is 0.669. The summed E-state index contributed by atoms with van der Waals surface area (Å²) in [6, 6.07) is 1.70. The molecule has 0 bridgehead atoms. The van der Waals surface area contributed by atoms with E-state index in [1.165, 1.54) is 13.2 Å². The van der Waals surface area contributed by atoms with Gasteiger partial charge in [0.25, 0.3) is 0 Å². The van der Waals surface area contributed by atoms with Gasteiger partial charge in [-0.25, -0.2) is 0 Å². The molecule has 0 saturated heterocycles. The number of benzene rings is 1. The highest BCUT2D eigenvalue weighted by Crippen LogP contribution is 2.32. The molecule has 0 spiro atoms. The van der Waals surface area contributed by atoms with Crippen molar-refractivity contribution < 1.29 is 19.7 Å². The highest BCUT2D eigenvalue weighted by atomic mass is 16.5. The van der Waals surface area contributed by atoms with Gasteiger partial charge in [-0.05, 0) is 29.7 Å². The van der Waals surface area contributed by atoms with Gasteiger partial charge >= 0.3 is 5.97 Å². The van der Waals surface area contributed by atoms with Crippen molar-refractivity contribution in [3.8, 4) is 11.5 Å². The Balaban J connectivity index is 3.31. The third kappa shape index (κ3) is 2.76. The van der Waals surface area contributed by atoms with E-state index >= 15 is 0 Å². The first-order chi connectivity index (χ1) is 8.01. The molecule has 4 N–H and O–H groups in total. The third-order valence-electron chi connectivity index (χ3n) is 2.41. The number of allylic oxidation sites excluding steroid dienone is 1. The molecule has 0 aliphatic rings. The van der Waals surface area contributed by atoms with Crippen molar-refractivity contribution in [2.45, 2.75) is 12.5 Å². The number of phenols is 1. The average molecular weight is 237 g/mol. The van der Waals surface area contributed by atoms with Gasteiger partial charge in [0.2, 0.25) is 0 Å². The van der Waals surface area contributed by atoms with E-state index < -0.39 is 12.0 Å².